The number of carbonyl (C=O) groups excluding carboxylic acids is 1. The maximum absolute atomic E-state index is 14.7. The zero-order valence-corrected chi connectivity index (χ0v) is 24.0. The van der Waals surface area contributed by atoms with Crippen molar-refractivity contribution in [3.05, 3.63) is 82.4 Å². The highest BCUT2D eigenvalue weighted by Gasteiger charge is 2.28. The summed E-state index contributed by atoms with van der Waals surface area (Å²) in [6, 6.07) is 8.97. The molecule has 0 radical (unpaired) electrons. The van der Waals surface area contributed by atoms with Crippen molar-refractivity contribution >= 4 is 11.6 Å². The number of aryl methyl sites for hydroxylation is 3. The second kappa shape index (κ2) is 13.2. The van der Waals surface area contributed by atoms with Crippen LogP contribution in [0.25, 0.3) is 0 Å². The fourth-order valence-corrected chi connectivity index (χ4v) is 5.54. The van der Waals surface area contributed by atoms with Gasteiger partial charge in [0.05, 0.1) is 18.4 Å². The molecule has 9 heteroatoms. The largest absolute Gasteiger partial charge is 0.494 e. The number of hydrogen-bond acceptors (Lipinski definition) is 6. The van der Waals surface area contributed by atoms with Gasteiger partial charge in [0.15, 0.2) is 11.6 Å². The third kappa shape index (κ3) is 6.94. The molecule has 4 rings (SSSR count). The smallest absolute Gasteiger partial charge is 0.253 e. The summed E-state index contributed by atoms with van der Waals surface area (Å²) < 4.78 is 33.3. The summed E-state index contributed by atoms with van der Waals surface area (Å²) in [7, 11) is 1.47. The SMILES string of the molecule is COc1ccc(N(Cc2cnccc2C)C2CCN(C(C)CCNC(=O)c3c(C)cc(F)nc3C)CC2)cc1F. The first-order valence-electron chi connectivity index (χ1n) is 13.8. The average molecular weight is 552 g/mol. The Morgan fingerprint density at radius 2 is 1.90 bits per heavy atom. The Bertz CT molecular complexity index is 1300. The Morgan fingerprint density at radius 3 is 2.55 bits per heavy atom. The molecule has 1 fully saturated rings. The number of halogens is 2. The number of amides is 1. The van der Waals surface area contributed by atoms with Gasteiger partial charge in [-0.2, -0.15) is 4.39 Å². The average Bonchev–Trinajstić information content (AvgIpc) is 2.92. The van der Waals surface area contributed by atoms with Crippen molar-refractivity contribution in [2.75, 3.05) is 31.6 Å². The van der Waals surface area contributed by atoms with Crippen molar-refractivity contribution in [1.82, 2.24) is 20.2 Å². The summed E-state index contributed by atoms with van der Waals surface area (Å²) in [4.78, 5) is 25.5. The fourth-order valence-electron chi connectivity index (χ4n) is 5.54. The van der Waals surface area contributed by atoms with E-state index in [0.717, 1.165) is 49.2 Å². The topological polar surface area (TPSA) is 70.6 Å². The minimum atomic E-state index is -0.574. The number of pyridine rings is 2. The van der Waals surface area contributed by atoms with E-state index in [4.69, 9.17) is 4.74 Å². The molecule has 7 nitrogen and oxygen atoms in total. The quantitative estimate of drug-likeness (QED) is 0.342. The fraction of sp³-hybridized carbons (Fsp3) is 0.452. The standard InChI is InChI=1S/C31H39F2N5O2/c1-20-8-12-34-18-24(20)19-38(26-6-7-28(40-5)27(32)17-26)25-10-14-37(15-11-25)22(3)9-13-35-31(39)30-21(2)16-29(33)36-23(30)4/h6-8,12,16-18,22,25H,9-11,13-15,19H2,1-5H3,(H,35,39). The van der Waals surface area contributed by atoms with Gasteiger partial charge in [-0.15, -0.1) is 0 Å². The summed E-state index contributed by atoms with van der Waals surface area (Å²) in [6.07, 6.45) is 6.34. The Balaban J connectivity index is 1.37. The van der Waals surface area contributed by atoms with E-state index in [-0.39, 0.29) is 29.6 Å². The molecule has 1 N–H and O–H groups in total. The minimum Gasteiger partial charge on any atom is -0.494 e. The summed E-state index contributed by atoms with van der Waals surface area (Å²) in [5, 5.41) is 2.98. The number of nitrogens with zero attached hydrogens (tertiary/aromatic N) is 4. The second-order valence-corrected chi connectivity index (χ2v) is 10.6. The molecular weight excluding hydrogens is 512 g/mol. The number of benzene rings is 1. The molecule has 3 heterocycles. The number of carbonyl (C=O) groups is 1. The molecule has 1 atom stereocenters. The molecule has 0 saturated carbocycles. The first-order valence-corrected chi connectivity index (χ1v) is 13.8. The molecule has 1 aliphatic heterocycles. The Hall–Kier alpha value is -3.59. The maximum atomic E-state index is 14.7. The number of aromatic nitrogens is 2. The van der Waals surface area contributed by atoms with E-state index in [1.807, 2.05) is 18.3 Å². The van der Waals surface area contributed by atoms with Gasteiger partial charge < -0.3 is 19.9 Å². The van der Waals surface area contributed by atoms with Crippen molar-refractivity contribution in [2.45, 2.75) is 65.6 Å². The molecule has 214 valence electrons. The van der Waals surface area contributed by atoms with Crippen LogP contribution in [0, 0.1) is 32.5 Å². The first kappa shape index (κ1) is 29.4. The first-order chi connectivity index (χ1) is 19.2. The van der Waals surface area contributed by atoms with E-state index in [9.17, 15) is 13.6 Å². The molecule has 0 bridgehead atoms. The van der Waals surface area contributed by atoms with E-state index < -0.39 is 5.95 Å². The molecule has 40 heavy (non-hydrogen) atoms. The van der Waals surface area contributed by atoms with E-state index in [1.165, 1.54) is 13.2 Å². The monoisotopic (exact) mass is 551 g/mol. The number of piperidine rings is 1. The lowest BCUT2D eigenvalue weighted by atomic mass is 9.99. The number of methoxy groups -OCH3 is 1. The predicted octanol–water partition coefficient (Wildman–Crippen LogP) is 5.37. The summed E-state index contributed by atoms with van der Waals surface area (Å²) >= 11 is 0. The molecule has 3 aromatic rings. The van der Waals surface area contributed by atoms with E-state index in [1.54, 1.807) is 32.2 Å². The van der Waals surface area contributed by atoms with Crippen LogP contribution in [0.4, 0.5) is 14.5 Å². The highest BCUT2D eigenvalue weighted by atomic mass is 19.1. The van der Waals surface area contributed by atoms with Crippen LogP contribution in [-0.4, -0.2) is 59.6 Å². The van der Waals surface area contributed by atoms with Crippen LogP contribution in [0.1, 0.15) is 58.9 Å². The van der Waals surface area contributed by atoms with Gasteiger partial charge in [-0.25, -0.2) is 9.37 Å². The van der Waals surface area contributed by atoms with Crippen LogP contribution in [0.3, 0.4) is 0 Å². The Kier molecular flexibility index (Phi) is 9.68. The predicted molar refractivity (Wildman–Crippen MR) is 153 cm³/mol. The van der Waals surface area contributed by atoms with Crippen molar-refractivity contribution in [2.24, 2.45) is 0 Å². The van der Waals surface area contributed by atoms with E-state index in [2.05, 4.69) is 38.9 Å². The van der Waals surface area contributed by atoms with Crippen LogP contribution < -0.4 is 15.0 Å². The number of hydrogen-bond donors (Lipinski definition) is 1. The lowest BCUT2D eigenvalue weighted by Gasteiger charge is -2.42. The molecule has 1 amide bonds. The maximum Gasteiger partial charge on any atom is 0.253 e. The molecular formula is C31H39F2N5O2. The van der Waals surface area contributed by atoms with Gasteiger partial charge in [0.2, 0.25) is 5.95 Å². The zero-order valence-electron chi connectivity index (χ0n) is 24.0. The van der Waals surface area contributed by atoms with Gasteiger partial charge in [0, 0.05) is 62.4 Å². The minimum absolute atomic E-state index is 0.221. The van der Waals surface area contributed by atoms with E-state index >= 15 is 0 Å². The second-order valence-electron chi connectivity index (χ2n) is 10.6. The van der Waals surface area contributed by atoms with Crippen molar-refractivity contribution in [3.63, 3.8) is 0 Å². The summed E-state index contributed by atoms with van der Waals surface area (Å²) in [5.41, 5.74) is 4.52. The zero-order chi connectivity index (χ0) is 28.8. The van der Waals surface area contributed by atoms with Crippen LogP contribution >= 0.6 is 0 Å². The van der Waals surface area contributed by atoms with E-state index in [0.29, 0.717) is 29.9 Å². The lowest BCUT2D eigenvalue weighted by molar-refractivity contribution is 0.0943. The van der Waals surface area contributed by atoms with Crippen LogP contribution in [0.5, 0.6) is 5.75 Å². The normalized spacial score (nSPS) is 15.1. The molecule has 1 aromatic carbocycles. The summed E-state index contributed by atoms with van der Waals surface area (Å²) in [5.74, 6) is -0.933. The number of likely N-dealkylation sites (tertiary alicyclic amines) is 1. The highest BCUT2D eigenvalue weighted by molar-refractivity contribution is 5.96. The highest BCUT2D eigenvalue weighted by Crippen LogP contribution is 2.30. The lowest BCUT2D eigenvalue weighted by Crippen LogP contribution is -2.48. The Labute approximate surface area is 235 Å². The number of anilines is 1. The van der Waals surface area contributed by atoms with Gasteiger partial charge >= 0.3 is 0 Å². The number of rotatable bonds is 10. The molecule has 0 spiro atoms. The van der Waals surface area contributed by atoms with Crippen molar-refractivity contribution < 1.29 is 18.3 Å². The molecule has 1 aliphatic rings. The van der Waals surface area contributed by atoms with Gasteiger partial charge in [0.1, 0.15) is 0 Å². The molecule has 2 aromatic heterocycles. The van der Waals surface area contributed by atoms with Crippen molar-refractivity contribution in [1.29, 1.82) is 0 Å². The van der Waals surface area contributed by atoms with Gasteiger partial charge in [-0.1, -0.05) is 0 Å². The van der Waals surface area contributed by atoms with Gasteiger partial charge in [-0.05, 0) is 87.9 Å². The molecule has 0 aliphatic carbocycles. The number of nitrogens with one attached hydrogen (secondary N) is 1. The Morgan fingerprint density at radius 1 is 1.15 bits per heavy atom. The van der Waals surface area contributed by atoms with Gasteiger partial charge in [-0.3, -0.25) is 9.78 Å². The summed E-state index contributed by atoms with van der Waals surface area (Å²) in [6.45, 7) is 10.6. The number of ether oxygens (including phenoxy) is 1. The van der Waals surface area contributed by atoms with Gasteiger partial charge in [0.25, 0.3) is 5.91 Å². The van der Waals surface area contributed by atoms with Crippen molar-refractivity contribution in [3.8, 4) is 5.75 Å². The van der Waals surface area contributed by atoms with Crippen LogP contribution in [0.2, 0.25) is 0 Å². The molecule has 1 saturated heterocycles. The van der Waals surface area contributed by atoms with Crippen LogP contribution in [-0.2, 0) is 6.54 Å². The van der Waals surface area contributed by atoms with Crippen LogP contribution in [0.15, 0.2) is 42.7 Å². The third-order valence-corrected chi connectivity index (χ3v) is 7.96. The molecule has 1 unspecified atom stereocenters. The third-order valence-electron chi connectivity index (χ3n) is 7.96.